The summed E-state index contributed by atoms with van der Waals surface area (Å²) in [6.45, 7) is 0.731. The van der Waals surface area contributed by atoms with E-state index in [0.717, 1.165) is 24.3 Å². The molecule has 0 saturated heterocycles. The topological polar surface area (TPSA) is 29.1 Å². The van der Waals surface area contributed by atoms with Crippen LogP contribution in [-0.2, 0) is 0 Å². The van der Waals surface area contributed by atoms with Crippen LogP contribution >= 0.6 is 23.1 Å². The zero-order valence-corrected chi connectivity index (χ0v) is 11.6. The second kappa shape index (κ2) is 7.24. The highest BCUT2D eigenvalue weighted by Crippen LogP contribution is 2.17. The molecule has 2 aromatic rings. The Kier molecular flexibility index (Phi) is 5.30. The monoisotopic (exact) mass is 277 g/mol. The van der Waals surface area contributed by atoms with Crippen molar-refractivity contribution in [2.45, 2.75) is 11.3 Å². The van der Waals surface area contributed by atoms with E-state index in [0.29, 0.717) is 0 Å². The summed E-state index contributed by atoms with van der Waals surface area (Å²) in [6.07, 6.45) is 0.982. The predicted molar refractivity (Wildman–Crippen MR) is 78.4 cm³/mol. The smallest absolute Gasteiger partial charge is 0.252 e. The van der Waals surface area contributed by atoms with Crippen LogP contribution in [0.25, 0.3) is 0 Å². The van der Waals surface area contributed by atoms with Crippen molar-refractivity contribution in [1.82, 2.24) is 5.32 Å². The first-order valence-corrected chi connectivity index (χ1v) is 7.77. The Balaban J connectivity index is 1.61. The largest absolute Gasteiger partial charge is 0.352 e. The van der Waals surface area contributed by atoms with Crippen LogP contribution in [0, 0.1) is 0 Å². The van der Waals surface area contributed by atoms with Gasteiger partial charge in [0, 0.05) is 22.4 Å². The quantitative estimate of drug-likeness (QED) is 0.645. The molecule has 1 amide bonds. The molecule has 1 N–H and O–H groups in total. The van der Waals surface area contributed by atoms with E-state index >= 15 is 0 Å². The van der Waals surface area contributed by atoms with Crippen molar-refractivity contribution < 1.29 is 4.79 Å². The van der Waals surface area contributed by atoms with Gasteiger partial charge in [-0.1, -0.05) is 18.2 Å². The number of benzene rings is 1. The summed E-state index contributed by atoms with van der Waals surface area (Å²) in [4.78, 5) is 12.9. The van der Waals surface area contributed by atoms with E-state index in [1.807, 2.05) is 46.8 Å². The normalized spacial score (nSPS) is 10.2. The van der Waals surface area contributed by atoms with E-state index in [-0.39, 0.29) is 5.91 Å². The lowest BCUT2D eigenvalue weighted by Crippen LogP contribution is -2.24. The van der Waals surface area contributed by atoms with Gasteiger partial charge in [0.05, 0.1) is 0 Å². The van der Waals surface area contributed by atoms with Crippen LogP contribution in [0.2, 0.25) is 0 Å². The Bertz CT molecular complexity index is 468. The maximum Gasteiger partial charge on any atom is 0.252 e. The highest BCUT2D eigenvalue weighted by atomic mass is 32.2. The number of carbonyl (C=O) groups excluding carboxylic acids is 1. The molecule has 94 valence electrons. The summed E-state index contributed by atoms with van der Waals surface area (Å²) in [6, 6.07) is 12.2. The van der Waals surface area contributed by atoms with Gasteiger partial charge in [-0.05, 0) is 35.8 Å². The van der Waals surface area contributed by atoms with Crippen molar-refractivity contribution in [2.75, 3.05) is 12.3 Å². The van der Waals surface area contributed by atoms with Gasteiger partial charge in [-0.15, -0.1) is 11.8 Å². The van der Waals surface area contributed by atoms with Crippen LogP contribution < -0.4 is 5.32 Å². The minimum absolute atomic E-state index is 0.0287. The summed E-state index contributed by atoms with van der Waals surface area (Å²) >= 11 is 3.36. The SMILES string of the molecule is O=C(NCCCSc1ccccc1)c1ccsc1. The summed E-state index contributed by atoms with van der Waals surface area (Å²) in [7, 11) is 0. The Hall–Kier alpha value is -1.26. The van der Waals surface area contributed by atoms with E-state index in [4.69, 9.17) is 0 Å². The number of hydrogen-bond acceptors (Lipinski definition) is 3. The molecular formula is C14H15NOS2. The standard InChI is InChI=1S/C14H15NOS2/c16-14(12-7-10-17-11-12)15-8-4-9-18-13-5-2-1-3-6-13/h1-3,5-7,10-11H,4,8-9H2,(H,15,16). The number of thiophene rings is 1. The minimum atomic E-state index is 0.0287. The molecule has 1 aromatic carbocycles. The first kappa shape index (κ1) is 13.2. The summed E-state index contributed by atoms with van der Waals surface area (Å²) in [5.74, 6) is 1.05. The molecule has 18 heavy (non-hydrogen) atoms. The van der Waals surface area contributed by atoms with Gasteiger partial charge in [0.2, 0.25) is 0 Å². The molecule has 0 atom stereocenters. The number of rotatable bonds is 6. The lowest BCUT2D eigenvalue weighted by molar-refractivity contribution is 0.0954. The molecule has 0 spiro atoms. The fourth-order valence-electron chi connectivity index (χ4n) is 1.48. The number of nitrogens with one attached hydrogen (secondary N) is 1. The van der Waals surface area contributed by atoms with Crippen molar-refractivity contribution in [3.05, 3.63) is 52.7 Å². The molecule has 1 heterocycles. The fourth-order valence-corrected chi connectivity index (χ4v) is 2.99. The summed E-state index contributed by atoms with van der Waals surface area (Å²) < 4.78 is 0. The van der Waals surface area contributed by atoms with Crippen LogP contribution in [0.4, 0.5) is 0 Å². The highest BCUT2D eigenvalue weighted by molar-refractivity contribution is 7.99. The molecule has 0 unspecified atom stereocenters. The van der Waals surface area contributed by atoms with Gasteiger partial charge in [0.25, 0.3) is 5.91 Å². The van der Waals surface area contributed by atoms with Crippen molar-refractivity contribution in [2.24, 2.45) is 0 Å². The van der Waals surface area contributed by atoms with Gasteiger partial charge in [0.1, 0.15) is 0 Å². The second-order valence-corrected chi connectivity index (χ2v) is 5.73. The van der Waals surface area contributed by atoms with E-state index in [2.05, 4.69) is 17.4 Å². The summed E-state index contributed by atoms with van der Waals surface area (Å²) in [5.41, 5.74) is 0.760. The van der Waals surface area contributed by atoms with Crippen molar-refractivity contribution >= 4 is 29.0 Å². The van der Waals surface area contributed by atoms with Crippen molar-refractivity contribution in [3.63, 3.8) is 0 Å². The van der Waals surface area contributed by atoms with Crippen molar-refractivity contribution in [3.8, 4) is 0 Å². The molecule has 0 aliphatic heterocycles. The first-order chi connectivity index (χ1) is 8.86. The molecular weight excluding hydrogens is 262 g/mol. The molecule has 0 aliphatic rings. The van der Waals surface area contributed by atoms with E-state index in [1.165, 1.54) is 4.90 Å². The van der Waals surface area contributed by atoms with E-state index < -0.39 is 0 Å². The van der Waals surface area contributed by atoms with Crippen LogP contribution in [0.5, 0.6) is 0 Å². The minimum Gasteiger partial charge on any atom is -0.352 e. The molecule has 0 aliphatic carbocycles. The zero-order valence-electron chi connectivity index (χ0n) is 9.96. The Morgan fingerprint density at radius 2 is 2.06 bits per heavy atom. The van der Waals surface area contributed by atoms with Crippen molar-refractivity contribution in [1.29, 1.82) is 0 Å². The van der Waals surface area contributed by atoms with E-state index in [1.54, 1.807) is 11.3 Å². The molecule has 0 bridgehead atoms. The zero-order chi connectivity index (χ0) is 12.6. The van der Waals surface area contributed by atoms with Crippen LogP contribution in [0.1, 0.15) is 16.8 Å². The molecule has 2 rings (SSSR count). The van der Waals surface area contributed by atoms with Gasteiger partial charge in [-0.3, -0.25) is 4.79 Å². The number of amides is 1. The van der Waals surface area contributed by atoms with Gasteiger partial charge >= 0.3 is 0 Å². The van der Waals surface area contributed by atoms with Gasteiger partial charge < -0.3 is 5.32 Å². The Morgan fingerprint density at radius 3 is 2.78 bits per heavy atom. The number of hydrogen-bond donors (Lipinski definition) is 1. The van der Waals surface area contributed by atoms with Gasteiger partial charge in [0.15, 0.2) is 0 Å². The molecule has 0 radical (unpaired) electrons. The Morgan fingerprint density at radius 1 is 1.22 bits per heavy atom. The van der Waals surface area contributed by atoms with Crippen LogP contribution in [0.3, 0.4) is 0 Å². The molecule has 0 saturated carbocycles. The molecule has 4 heteroatoms. The lowest BCUT2D eigenvalue weighted by Gasteiger charge is -2.04. The number of thioether (sulfide) groups is 1. The van der Waals surface area contributed by atoms with Gasteiger partial charge in [-0.2, -0.15) is 11.3 Å². The average Bonchev–Trinajstić information content (AvgIpc) is 2.93. The second-order valence-electron chi connectivity index (χ2n) is 3.78. The van der Waals surface area contributed by atoms with E-state index in [9.17, 15) is 4.79 Å². The third kappa shape index (κ3) is 4.20. The third-order valence-electron chi connectivity index (χ3n) is 2.40. The fraction of sp³-hybridized carbons (Fsp3) is 0.214. The predicted octanol–water partition coefficient (Wildman–Crippen LogP) is 3.66. The third-order valence-corrected chi connectivity index (χ3v) is 4.18. The van der Waals surface area contributed by atoms with Gasteiger partial charge in [-0.25, -0.2) is 0 Å². The average molecular weight is 277 g/mol. The molecule has 1 aromatic heterocycles. The lowest BCUT2D eigenvalue weighted by atomic mass is 10.3. The maximum absolute atomic E-state index is 11.6. The number of carbonyl (C=O) groups is 1. The van der Waals surface area contributed by atoms with Crippen LogP contribution in [-0.4, -0.2) is 18.2 Å². The molecule has 2 nitrogen and oxygen atoms in total. The van der Waals surface area contributed by atoms with Crippen LogP contribution in [0.15, 0.2) is 52.1 Å². The molecule has 0 fully saturated rings. The maximum atomic E-state index is 11.6. The summed E-state index contributed by atoms with van der Waals surface area (Å²) in [5, 5.41) is 6.71. The first-order valence-electron chi connectivity index (χ1n) is 5.84. The Labute approximate surface area is 115 Å². The highest BCUT2D eigenvalue weighted by Gasteiger charge is 2.03.